The number of thiophene rings is 1. The number of nitrogens with zero attached hydrogens (tertiary/aromatic N) is 5. The lowest BCUT2D eigenvalue weighted by Crippen LogP contribution is -2.33. The molecule has 2 fully saturated rings. The van der Waals surface area contributed by atoms with Gasteiger partial charge in [-0.05, 0) is 37.1 Å². The van der Waals surface area contributed by atoms with E-state index in [0.717, 1.165) is 53.7 Å². The monoisotopic (exact) mass is 327 g/mol. The number of anilines is 1. The SMILES string of the molecule is c1nc(N2CCC(c3noc(C4CC4)n3)CC2)c2ccsc2n1. The van der Waals surface area contributed by atoms with E-state index in [0.29, 0.717) is 11.8 Å². The minimum atomic E-state index is 0.405. The minimum absolute atomic E-state index is 0.405. The highest BCUT2D eigenvalue weighted by atomic mass is 32.1. The maximum atomic E-state index is 5.41. The molecule has 0 spiro atoms. The smallest absolute Gasteiger partial charge is 0.229 e. The van der Waals surface area contributed by atoms with Crippen molar-refractivity contribution in [2.75, 3.05) is 18.0 Å². The lowest BCUT2D eigenvalue weighted by atomic mass is 9.96. The van der Waals surface area contributed by atoms with E-state index < -0.39 is 0 Å². The first kappa shape index (κ1) is 13.4. The zero-order valence-corrected chi connectivity index (χ0v) is 13.5. The third-order valence-corrected chi connectivity index (χ3v) is 5.61. The first-order chi connectivity index (χ1) is 11.4. The van der Waals surface area contributed by atoms with Crippen molar-refractivity contribution in [2.45, 2.75) is 37.5 Å². The van der Waals surface area contributed by atoms with Crippen LogP contribution in [-0.4, -0.2) is 33.2 Å². The van der Waals surface area contributed by atoms with E-state index in [1.165, 1.54) is 12.8 Å². The summed E-state index contributed by atoms with van der Waals surface area (Å²) in [7, 11) is 0. The number of piperidine rings is 1. The molecule has 118 valence electrons. The molecule has 0 bridgehead atoms. The van der Waals surface area contributed by atoms with E-state index in [4.69, 9.17) is 4.52 Å². The van der Waals surface area contributed by atoms with Crippen LogP contribution >= 0.6 is 11.3 Å². The van der Waals surface area contributed by atoms with Gasteiger partial charge in [-0.1, -0.05) is 5.16 Å². The maximum absolute atomic E-state index is 5.41. The van der Waals surface area contributed by atoms with Gasteiger partial charge in [-0.15, -0.1) is 11.3 Å². The van der Waals surface area contributed by atoms with E-state index in [-0.39, 0.29) is 0 Å². The van der Waals surface area contributed by atoms with Crippen LogP contribution < -0.4 is 4.90 Å². The van der Waals surface area contributed by atoms with Crippen LogP contribution in [0.5, 0.6) is 0 Å². The Morgan fingerprint density at radius 3 is 2.78 bits per heavy atom. The van der Waals surface area contributed by atoms with E-state index in [1.54, 1.807) is 17.7 Å². The zero-order chi connectivity index (χ0) is 15.2. The lowest BCUT2D eigenvalue weighted by molar-refractivity contribution is 0.365. The van der Waals surface area contributed by atoms with Crippen LogP contribution in [0.25, 0.3) is 10.2 Å². The molecule has 2 aliphatic rings. The van der Waals surface area contributed by atoms with Gasteiger partial charge in [-0.3, -0.25) is 0 Å². The third kappa shape index (κ3) is 2.39. The summed E-state index contributed by atoms with van der Waals surface area (Å²) in [6, 6.07) is 2.11. The Morgan fingerprint density at radius 2 is 1.96 bits per heavy atom. The quantitative estimate of drug-likeness (QED) is 0.735. The van der Waals surface area contributed by atoms with E-state index in [9.17, 15) is 0 Å². The summed E-state index contributed by atoms with van der Waals surface area (Å²) < 4.78 is 5.41. The number of fused-ring (bicyclic) bond motifs is 1. The average Bonchev–Trinajstić information content (AvgIpc) is 3.13. The molecule has 0 amide bonds. The van der Waals surface area contributed by atoms with E-state index >= 15 is 0 Å². The Morgan fingerprint density at radius 1 is 1.09 bits per heavy atom. The van der Waals surface area contributed by atoms with Crippen LogP contribution in [-0.2, 0) is 0 Å². The highest BCUT2D eigenvalue weighted by Crippen LogP contribution is 2.40. The van der Waals surface area contributed by atoms with Crippen LogP contribution in [0.4, 0.5) is 5.82 Å². The largest absolute Gasteiger partial charge is 0.356 e. The summed E-state index contributed by atoms with van der Waals surface area (Å²) in [5.41, 5.74) is 0. The zero-order valence-electron chi connectivity index (χ0n) is 12.7. The second-order valence-corrected chi connectivity index (χ2v) is 7.26. The van der Waals surface area contributed by atoms with E-state index in [1.807, 2.05) is 0 Å². The molecular weight excluding hydrogens is 310 g/mol. The highest BCUT2D eigenvalue weighted by molar-refractivity contribution is 7.16. The molecule has 23 heavy (non-hydrogen) atoms. The molecule has 3 aromatic heterocycles. The van der Waals surface area contributed by atoms with Crippen LogP contribution in [0.1, 0.15) is 49.2 Å². The standard InChI is InChI=1S/C16H17N5OS/c1-2-11(1)15-19-13(20-22-15)10-3-6-21(7-4-10)14-12-5-8-23-16(12)18-9-17-14/h5,8-11H,1-4,6-7H2. The van der Waals surface area contributed by atoms with Gasteiger partial charge in [0.2, 0.25) is 5.89 Å². The summed E-state index contributed by atoms with van der Waals surface area (Å²) in [5, 5.41) is 7.45. The van der Waals surface area contributed by atoms with Crippen LogP contribution in [0.3, 0.4) is 0 Å². The molecule has 0 unspecified atom stereocenters. The fourth-order valence-corrected chi connectivity index (χ4v) is 4.01. The summed E-state index contributed by atoms with van der Waals surface area (Å²) >= 11 is 1.66. The molecule has 0 N–H and O–H groups in total. The summed E-state index contributed by atoms with van der Waals surface area (Å²) in [6.45, 7) is 1.94. The van der Waals surface area contributed by atoms with Gasteiger partial charge >= 0.3 is 0 Å². The first-order valence-corrected chi connectivity index (χ1v) is 9.03. The number of hydrogen-bond donors (Lipinski definition) is 0. The molecule has 1 aliphatic heterocycles. The number of hydrogen-bond acceptors (Lipinski definition) is 7. The Kier molecular flexibility index (Phi) is 3.07. The van der Waals surface area contributed by atoms with Gasteiger partial charge in [0.05, 0.1) is 5.39 Å². The lowest BCUT2D eigenvalue weighted by Gasteiger charge is -2.31. The van der Waals surface area contributed by atoms with E-state index in [2.05, 4.69) is 36.5 Å². The van der Waals surface area contributed by atoms with Crippen LogP contribution in [0, 0.1) is 0 Å². The Labute approximate surface area is 137 Å². The second kappa shape index (κ2) is 5.26. The van der Waals surface area contributed by atoms with Gasteiger partial charge in [0.25, 0.3) is 0 Å². The predicted octanol–water partition coefficient (Wildman–Crippen LogP) is 3.34. The molecular formula is C16H17N5OS. The molecule has 0 radical (unpaired) electrons. The number of aromatic nitrogens is 4. The fraction of sp³-hybridized carbons (Fsp3) is 0.500. The first-order valence-electron chi connectivity index (χ1n) is 8.15. The van der Waals surface area contributed by atoms with Gasteiger partial charge < -0.3 is 9.42 Å². The molecule has 5 rings (SSSR count). The normalized spacial score (nSPS) is 19.6. The number of rotatable bonds is 3. The van der Waals surface area contributed by atoms with Crippen molar-refractivity contribution in [3.05, 3.63) is 29.5 Å². The van der Waals surface area contributed by atoms with Gasteiger partial charge in [0.1, 0.15) is 17.0 Å². The van der Waals surface area contributed by atoms with Crippen molar-refractivity contribution in [2.24, 2.45) is 0 Å². The molecule has 7 heteroatoms. The second-order valence-electron chi connectivity index (χ2n) is 6.36. The molecule has 1 saturated heterocycles. The van der Waals surface area contributed by atoms with Gasteiger partial charge in [-0.25, -0.2) is 9.97 Å². The third-order valence-electron chi connectivity index (χ3n) is 4.78. The molecule has 0 aromatic carbocycles. The summed E-state index contributed by atoms with van der Waals surface area (Å²) in [5.74, 6) is 3.74. The molecule has 1 saturated carbocycles. The molecule has 3 aromatic rings. The van der Waals surface area contributed by atoms with Crippen molar-refractivity contribution >= 4 is 27.4 Å². The van der Waals surface area contributed by atoms with Gasteiger partial charge in [0, 0.05) is 24.9 Å². The Hall–Kier alpha value is -2.02. The molecule has 4 heterocycles. The van der Waals surface area contributed by atoms with Crippen molar-refractivity contribution in [1.29, 1.82) is 0 Å². The summed E-state index contributed by atoms with van der Waals surface area (Å²) in [4.78, 5) is 16.9. The van der Waals surface area contributed by atoms with Crippen LogP contribution in [0.2, 0.25) is 0 Å². The predicted molar refractivity (Wildman–Crippen MR) is 87.9 cm³/mol. The topological polar surface area (TPSA) is 67.9 Å². The van der Waals surface area contributed by atoms with Gasteiger partial charge in [-0.2, -0.15) is 4.98 Å². The minimum Gasteiger partial charge on any atom is -0.356 e. The fourth-order valence-electron chi connectivity index (χ4n) is 3.29. The van der Waals surface area contributed by atoms with Crippen LogP contribution in [0.15, 0.2) is 22.3 Å². The van der Waals surface area contributed by atoms with Crippen molar-refractivity contribution < 1.29 is 4.52 Å². The Bertz CT molecular complexity index is 832. The summed E-state index contributed by atoms with van der Waals surface area (Å²) in [6.07, 6.45) is 6.15. The van der Waals surface area contributed by atoms with Crippen molar-refractivity contribution in [1.82, 2.24) is 20.1 Å². The van der Waals surface area contributed by atoms with Crippen molar-refractivity contribution in [3.8, 4) is 0 Å². The average molecular weight is 327 g/mol. The molecule has 6 nitrogen and oxygen atoms in total. The Balaban J connectivity index is 1.32. The highest BCUT2D eigenvalue weighted by Gasteiger charge is 2.32. The van der Waals surface area contributed by atoms with Gasteiger partial charge in [0.15, 0.2) is 5.82 Å². The molecule has 1 aliphatic carbocycles. The molecule has 0 atom stereocenters. The maximum Gasteiger partial charge on any atom is 0.229 e. The van der Waals surface area contributed by atoms with Crippen molar-refractivity contribution in [3.63, 3.8) is 0 Å².